The molecule has 0 amide bonds. The lowest BCUT2D eigenvalue weighted by molar-refractivity contribution is 0.303. The first-order valence-corrected chi connectivity index (χ1v) is 7.47. The van der Waals surface area contributed by atoms with Gasteiger partial charge >= 0.3 is 0 Å². The fourth-order valence-corrected chi connectivity index (χ4v) is 2.88. The summed E-state index contributed by atoms with van der Waals surface area (Å²) in [5.41, 5.74) is 1.09. The summed E-state index contributed by atoms with van der Waals surface area (Å²) in [7, 11) is 0. The van der Waals surface area contributed by atoms with Gasteiger partial charge in [-0.25, -0.2) is 4.98 Å². The molecule has 0 fully saturated rings. The van der Waals surface area contributed by atoms with Gasteiger partial charge in [0.25, 0.3) is 0 Å². The molecule has 2 rings (SSSR count). The Kier molecular flexibility index (Phi) is 7.13. The number of nitrogens with one attached hydrogen (secondary N) is 1. The average Bonchev–Trinajstić information content (AvgIpc) is 2.81. The van der Waals surface area contributed by atoms with Crippen LogP contribution in [0.15, 0.2) is 24.3 Å². The third kappa shape index (κ3) is 4.64. The molecule has 5 heteroatoms. The largest absolute Gasteiger partial charge is 0.361 e. The Balaban J connectivity index is 0.00000180. The lowest BCUT2D eigenvalue weighted by Gasteiger charge is -2.17. The molecule has 0 atom stereocenters. The summed E-state index contributed by atoms with van der Waals surface area (Å²) >= 11 is 1.73. The molecule has 19 heavy (non-hydrogen) atoms. The fourth-order valence-electron chi connectivity index (χ4n) is 1.99. The highest BCUT2D eigenvalue weighted by molar-refractivity contribution is 7.22. The van der Waals surface area contributed by atoms with E-state index in [9.17, 15) is 0 Å². The standard InChI is InChI=1S/C14H21N3S.ClH/c1-3-17(4-2)11-7-10-15-14-16-12-8-5-6-9-13(12)18-14;/h5-6,8-9H,3-4,7,10-11H2,1-2H3,(H,15,16);1H. The molecule has 1 aromatic heterocycles. The minimum atomic E-state index is 0. The first-order chi connectivity index (χ1) is 8.83. The van der Waals surface area contributed by atoms with Crippen molar-refractivity contribution in [2.45, 2.75) is 20.3 Å². The predicted octanol–water partition coefficient (Wildman–Crippen LogP) is 3.86. The first-order valence-electron chi connectivity index (χ1n) is 6.65. The zero-order valence-electron chi connectivity index (χ0n) is 11.6. The number of anilines is 1. The van der Waals surface area contributed by atoms with Crippen molar-refractivity contribution in [1.29, 1.82) is 0 Å². The van der Waals surface area contributed by atoms with Gasteiger partial charge in [-0.15, -0.1) is 12.4 Å². The van der Waals surface area contributed by atoms with Crippen LogP contribution in [0.4, 0.5) is 5.13 Å². The van der Waals surface area contributed by atoms with Crippen LogP contribution in [0.3, 0.4) is 0 Å². The highest BCUT2D eigenvalue weighted by Gasteiger charge is 2.02. The molecule has 1 heterocycles. The number of para-hydroxylation sites is 1. The van der Waals surface area contributed by atoms with Crippen LogP contribution in [-0.4, -0.2) is 36.1 Å². The summed E-state index contributed by atoms with van der Waals surface area (Å²) in [6.07, 6.45) is 1.16. The maximum absolute atomic E-state index is 4.56. The maximum Gasteiger partial charge on any atom is 0.183 e. The second-order valence-corrected chi connectivity index (χ2v) is 5.32. The number of hydrogen-bond acceptors (Lipinski definition) is 4. The van der Waals surface area contributed by atoms with E-state index < -0.39 is 0 Å². The van der Waals surface area contributed by atoms with Crippen molar-refractivity contribution < 1.29 is 0 Å². The van der Waals surface area contributed by atoms with Crippen molar-refractivity contribution in [2.24, 2.45) is 0 Å². The number of halogens is 1. The molecule has 0 aliphatic rings. The molecular weight excluding hydrogens is 278 g/mol. The lowest BCUT2D eigenvalue weighted by Crippen LogP contribution is -2.25. The normalized spacial score (nSPS) is 10.7. The fraction of sp³-hybridized carbons (Fsp3) is 0.500. The number of benzene rings is 1. The van der Waals surface area contributed by atoms with Gasteiger partial charge in [0.15, 0.2) is 5.13 Å². The van der Waals surface area contributed by atoms with E-state index in [1.165, 1.54) is 4.70 Å². The summed E-state index contributed by atoms with van der Waals surface area (Å²) in [5, 5.41) is 4.46. The molecule has 1 N–H and O–H groups in total. The molecule has 0 aliphatic heterocycles. The quantitative estimate of drug-likeness (QED) is 0.787. The van der Waals surface area contributed by atoms with Gasteiger partial charge in [0.1, 0.15) is 0 Å². The topological polar surface area (TPSA) is 28.2 Å². The molecule has 0 aliphatic carbocycles. The van der Waals surface area contributed by atoms with E-state index >= 15 is 0 Å². The highest BCUT2D eigenvalue weighted by atomic mass is 35.5. The summed E-state index contributed by atoms with van der Waals surface area (Å²) in [6.45, 7) is 8.85. The first kappa shape index (κ1) is 16.2. The number of rotatable bonds is 7. The molecule has 0 bridgehead atoms. The van der Waals surface area contributed by atoms with Crippen LogP contribution >= 0.6 is 23.7 Å². The Hall–Kier alpha value is -0.840. The number of hydrogen-bond donors (Lipinski definition) is 1. The zero-order valence-corrected chi connectivity index (χ0v) is 13.2. The van der Waals surface area contributed by atoms with E-state index in [1.807, 2.05) is 6.07 Å². The molecule has 3 nitrogen and oxygen atoms in total. The summed E-state index contributed by atoms with van der Waals surface area (Å²) in [6, 6.07) is 8.28. The monoisotopic (exact) mass is 299 g/mol. The van der Waals surface area contributed by atoms with Crippen LogP contribution in [0.25, 0.3) is 10.2 Å². The molecule has 2 aromatic rings. The molecule has 1 aromatic carbocycles. The maximum atomic E-state index is 4.56. The van der Waals surface area contributed by atoms with Crippen molar-refractivity contribution in [3.05, 3.63) is 24.3 Å². The summed E-state index contributed by atoms with van der Waals surface area (Å²) < 4.78 is 1.25. The van der Waals surface area contributed by atoms with E-state index in [4.69, 9.17) is 0 Å². The van der Waals surface area contributed by atoms with Gasteiger partial charge in [0.05, 0.1) is 10.2 Å². The Morgan fingerprint density at radius 3 is 2.63 bits per heavy atom. The van der Waals surface area contributed by atoms with Crippen LogP contribution in [0.5, 0.6) is 0 Å². The predicted molar refractivity (Wildman–Crippen MR) is 87.8 cm³/mol. The van der Waals surface area contributed by atoms with Crippen LogP contribution in [-0.2, 0) is 0 Å². The van der Waals surface area contributed by atoms with Crippen molar-refractivity contribution in [3.63, 3.8) is 0 Å². The molecule has 0 saturated carbocycles. The van der Waals surface area contributed by atoms with Crippen molar-refractivity contribution >= 4 is 39.1 Å². The lowest BCUT2D eigenvalue weighted by atomic mass is 10.3. The summed E-state index contributed by atoms with van der Waals surface area (Å²) in [4.78, 5) is 7.01. The highest BCUT2D eigenvalue weighted by Crippen LogP contribution is 2.25. The molecule has 0 radical (unpaired) electrons. The van der Waals surface area contributed by atoms with Crippen molar-refractivity contribution in [1.82, 2.24) is 9.88 Å². The Bertz CT molecular complexity index is 449. The van der Waals surface area contributed by atoms with Gasteiger partial charge in [0, 0.05) is 6.54 Å². The van der Waals surface area contributed by atoms with Gasteiger partial charge in [-0.05, 0) is 38.2 Å². The summed E-state index contributed by atoms with van der Waals surface area (Å²) in [5.74, 6) is 0. The van der Waals surface area contributed by atoms with Gasteiger partial charge in [-0.1, -0.05) is 37.3 Å². The Labute approximate surface area is 125 Å². The van der Waals surface area contributed by atoms with E-state index in [0.29, 0.717) is 0 Å². The second kappa shape index (κ2) is 8.35. The van der Waals surface area contributed by atoms with Crippen LogP contribution in [0.2, 0.25) is 0 Å². The Morgan fingerprint density at radius 2 is 1.95 bits per heavy atom. The number of aromatic nitrogens is 1. The van der Waals surface area contributed by atoms with Gasteiger partial charge in [-0.3, -0.25) is 0 Å². The van der Waals surface area contributed by atoms with Crippen LogP contribution < -0.4 is 5.32 Å². The third-order valence-electron chi connectivity index (χ3n) is 3.12. The smallest absolute Gasteiger partial charge is 0.183 e. The number of nitrogens with zero attached hydrogens (tertiary/aromatic N) is 2. The van der Waals surface area contributed by atoms with Crippen LogP contribution in [0, 0.1) is 0 Å². The molecule has 0 spiro atoms. The molecule has 0 unspecified atom stereocenters. The molecule has 106 valence electrons. The van der Waals surface area contributed by atoms with Crippen molar-refractivity contribution in [2.75, 3.05) is 31.5 Å². The Morgan fingerprint density at radius 1 is 1.21 bits per heavy atom. The zero-order chi connectivity index (χ0) is 12.8. The third-order valence-corrected chi connectivity index (χ3v) is 4.11. The van der Waals surface area contributed by atoms with Gasteiger partial charge in [-0.2, -0.15) is 0 Å². The minimum absolute atomic E-state index is 0. The van der Waals surface area contributed by atoms with Gasteiger partial charge in [0.2, 0.25) is 0 Å². The molecule has 0 saturated heterocycles. The molecular formula is C14H22ClN3S. The van der Waals surface area contributed by atoms with E-state index in [1.54, 1.807) is 11.3 Å². The minimum Gasteiger partial charge on any atom is -0.361 e. The van der Waals surface area contributed by atoms with E-state index in [2.05, 4.69) is 47.2 Å². The average molecular weight is 300 g/mol. The van der Waals surface area contributed by atoms with E-state index in [0.717, 1.165) is 43.2 Å². The van der Waals surface area contributed by atoms with Crippen molar-refractivity contribution in [3.8, 4) is 0 Å². The number of thiazole rings is 1. The van der Waals surface area contributed by atoms with E-state index in [-0.39, 0.29) is 12.4 Å². The second-order valence-electron chi connectivity index (χ2n) is 4.29. The SMILES string of the molecule is CCN(CC)CCCNc1nc2ccccc2s1.Cl. The van der Waals surface area contributed by atoms with Gasteiger partial charge < -0.3 is 10.2 Å². The van der Waals surface area contributed by atoms with Crippen LogP contribution in [0.1, 0.15) is 20.3 Å². The number of fused-ring (bicyclic) bond motifs is 1.